The summed E-state index contributed by atoms with van der Waals surface area (Å²) < 4.78 is 0. The minimum Gasteiger partial charge on any atom is -0.387 e. The van der Waals surface area contributed by atoms with Crippen LogP contribution >= 0.6 is 22.9 Å². The lowest BCUT2D eigenvalue weighted by Crippen LogP contribution is -2.26. The van der Waals surface area contributed by atoms with Crippen LogP contribution in [0.5, 0.6) is 0 Å². The Morgan fingerprint density at radius 2 is 2.00 bits per heavy atom. The Bertz CT molecular complexity index is 498. The molecule has 0 bridgehead atoms. The largest absolute Gasteiger partial charge is 0.387 e. The highest BCUT2D eigenvalue weighted by Gasteiger charge is 2.14. The van der Waals surface area contributed by atoms with Gasteiger partial charge in [-0.15, -0.1) is 11.3 Å². The molecule has 1 aromatic heterocycles. The maximum absolute atomic E-state index is 10.2. The van der Waals surface area contributed by atoms with Gasteiger partial charge in [-0.25, -0.2) is 0 Å². The highest BCUT2D eigenvalue weighted by molar-refractivity contribution is 7.10. The summed E-state index contributed by atoms with van der Waals surface area (Å²) in [7, 11) is 0. The van der Waals surface area contributed by atoms with E-state index in [0.717, 1.165) is 18.4 Å². The van der Waals surface area contributed by atoms with Crippen LogP contribution in [0.15, 0.2) is 41.8 Å². The van der Waals surface area contributed by atoms with Crippen LogP contribution in [0.2, 0.25) is 5.02 Å². The molecule has 0 fully saturated rings. The lowest BCUT2D eigenvalue weighted by atomic mass is 10.1. The molecular weight excluding hydrogens is 290 g/mol. The highest BCUT2D eigenvalue weighted by Crippen LogP contribution is 2.24. The van der Waals surface area contributed by atoms with Gasteiger partial charge in [0.2, 0.25) is 0 Å². The van der Waals surface area contributed by atoms with Crippen LogP contribution in [0.25, 0.3) is 0 Å². The second-order valence-corrected chi connectivity index (χ2v) is 6.25. The number of benzene rings is 1. The summed E-state index contributed by atoms with van der Waals surface area (Å²) in [4.78, 5) is 1.33. The Hall–Kier alpha value is -0.870. The highest BCUT2D eigenvalue weighted by atomic mass is 35.5. The molecule has 0 amide bonds. The van der Waals surface area contributed by atoms with Gasteiger partial charge in [0.05, 0.1) is 6.10 Å². The monoisotopic (exact) mass is 309 g/mol. The molecule has 2 unspecified atom stereocenters. The van der Waals surface area contributed by atoms with E-state index < -0.39 is 6.10 Å². The zero-order chi connectivity index (χ0) is 14.4. The molecule has 2 nitrogen and oxygen atoms in total. The molecular formula is C16H20ClNOS. The Morgan fingerprint density at radius 3 is 2.60 bits per heavy atom. The number of aliphatic hydroxyl groups is 1. The molecule has 2 N–H and O–H groups in total. The molecule has 0 aliphatic heterocycles. The fourth-order valence-corrected chi connectivity index (χ4v) is 3.14. The van der Waals surface area contributed by atoms with Gasteiger partial charge in [0, 0.05) is 22.5 Å². The van der Waals surface area contributed by atoms with Crippen molar-refractivity contribution in [3.8, 4) is 0 Å². The predicted molar refractivity (Wildman–Crippen MR) is 86.4 cm³/mol. The van der Waals surface area contributed by atoms with Crippen LogP contribution in [0, 0.1) is 0 Å². The van der Waals surface area contributed by atoms with Crippen molar-refractivity contribution in [3.63, 3.8) is 0 Å². The summed E-state index contributed by atoms with van der Waals surface area (Å²) >= 11 is 7.62. The molecule has 0 aliphatic rings. The third-order valence-electron chi connectivity index (χ3n) is 3.28. The standard InChI is InChI=1S/C16H20ClNOS/c1-2-4-14(16-5-3-10-20-16)18-11-15(19)12-6-8-13(17)9-7-12/h3,5-10,14-15,18-19H,2,4,11H2,1H3. The van der Waals surface area contributed by atoms with Crippen LogP contribution in [-0.4, -0.2) is 11.7 Å². The quantitative estimate of drug-likeness (QED) is 0.785. The number of rotatable bonds is 7. The summed E-state index contributed by atoms with van der Waals surface area (Å²) in [5.41, 5.74) is 0.892. The van der Waals surface area contributed by atoms with Gasteiger partial charge < -0.3 is 10.4 Å². The second-order valence-electron chi connectivity index (χ2n) is 4.83. The van der Waals surface area contributed by atoms with E-state index in [0.29, 0.717) is 17.6 Å². The summed E-state index contributed by atoms with van der Waals surface area (Å²) in [5, 5.41) is 16.5. The van der Waals surface area contributed by atoms with E-state index in [1.165, 1.54) is 4.88 Å². The molecule has 1 aromatic carbocycles. The molecule has 0 radical (unpaired) electrons. The minimum atomic E-state index is -0.508. The van der Waals surface area contributed by atoms with Crippen molar-refractivity contribution in [3.05, 3.63) is 57.2 Å². The van der Waals surface area contributed by atoms with Gasteiger partial charge in [0.25, 0.3) is 0 Å². The molecule has 0 saturated carbocycles. The molecule has 108 valence electrons. The Labute approximate surface area is 129 Å². The van der Waals surface area contributed by atoms with E-state index in [9.17, 15) is 5.11 Å². The average Bonchev–Trinajstić information content (AvgIpc) is 2.98. The zero-order valence-electron chi connectivity index (χ0n) is 11.6. The number of halogens is 1. The molecule has 0 saturated heterocycles. The Balaban J connectivity index is 1.93. The maximum atomic E-state index is 10.2. The number of nitrogens with one attached hydrogen (secondary N) is 1. The van der Waals surface area contributed by atoms with E-state index in [1.807, 2.05) is 24.3 Å². The van der Waals surface area contributed by atoms with Crippen LogP contribution in [0.4, 0.5) is 0 Å². The van der Waals surface area contributed by atoms with Crippen molar-refractivity contribution < 1.29 is 5.11 Å². The topological polar surface area (TPSA) is 32.3 Å². The van der Waals surface area contributed by atoms with E-state index in [-0.39, 0.29) is 0 Å². The first-order valence-corrected chi connectivity index (χ1v) is 8.16. The summed E-state index contributed by atoms with van der Waals surface area (Å²) in [6, 6.07) is 11.9. The number of hydrogen-bond donors (Lipinski definition) is 2. The molecule has 20 heavy (non-hydrogen) atoms. The van der Waals surface area contributed by atoms with Crippen LogP contribution < -0.4 is 5.32 Å². The van der Waals surface area contributed by atoms with Crippen molar-refractivity contribution in [2.24, 2.45) is 0 Å². The number of hydrogen-bond acceptors (Lipinski definition) is 3. The Kier molecular flexibility index (Phi) is 6.05. The Morgan fingerprint density at radius 1 is 1.25 bits per heavy atom. The van der Waals surface area contributed by atoms with Gasteiger partial charge in [-0.05, 0) is 35.6 Å². The van der Waals surface area contributed by atoms with Crippen molar-refractivity contribution in [1.82, 2.24) is 5.32 Å². The smallest absolute Gasteiger partial charge is 0.0914 e. The van der Waals surface area contributed by atoms with Gasteiger partial charge in [-0.2, -0.15) is 0 Å². The van der Waals surface area contributed by atoms with Gasteiger partial charge in [0.15, 0.2) is 0 Å². The van der Waals surface area contributed by atoms with Crippen molar-refractivity contribution >= 4 is 22.9 Å². The van der Waals surface area contributed by atoms with Crippen molar-refractivity contribution in [2.75, 3.05) is 6.54 Å². The molecule has 1 heterocycles. The fourth-order valence-electron chi connectivity index (χ4n) is 2.18. The van der Waals surface area contributed by atoms with Gasteiger partial charge in [-0.1, -0.05) is 43.1 Å². The molecule has 2 atom stereocenters. The normalized spacial score (nSPS) is 14.2. The summed E-state index contributed by atoms with van der Waals surface area (Å²) in [5.74, 6) is 0. The summed E-state index contributed by atoms with van der Waals surface area (Å²) in [6.07, 6.45) is 1.69. The third kappa shape index (κ3) is 4.32. The van der Waals surface area contributed by atoms with Crippen LogP contribution in [0.3, 0.4) is 0 Å². The molecule has 2 rings (SSSR count). The van der Waals surface area contributed by atoms with Gasteiger partial charge in [0.1, 0.15) is 0 Å². The van der Waals surface area contributed by atoms with Crippen LogP contribution in [-0.2, 0) is 0 Å². The van der Waals surface area contributed by atoms with Crippen molar-refractivity contribution in [1.29, 1.82) is 0 Å². The first kappa shape index (κ1) is 15.5. The number of thiophene rings is 1. The molecule has 4 heteroatoms. The SMILES string of the molecule is CCCC(NCC(O)c1ccc(Cl)cc1)c1cccs1. The second kappa shape index (κ2) is 7.79. The minimum absolute atomic E-state index is 0.321. The fraction of sp³-hybridized carbons (Fsp3) is 0.375. The van der Waals surface area contributed by atoms with E-state index in [1.54, 1.807) is 11.3 Å². The maximum Gasteiger partial charge on any atom is 0.0914 e. The first-order chi connectivity index (χ1) is 9.70. The van der Waals surface area contributed by atoms with Gasteiger partial charge in [-0.3, -0.25) is 0 Å². The predicted octanol–water partition coefficient (Wildman–Crippen LogP) is 4.57. The summed E-state index contributed by atoms with van der Waals surface area (Å²) in [6.45, 7) is 2.72. The van der Waals surface area contributed by atoms with E-state index in [4.69, 9.17) is 11.6 Å². The third-order valence-corrected chi connectivity index (χ3v) is 4.51. The average molecular weight is 310 g/mol. The van der Waals surface area contributed by atoms with Gasteiger partial charge >= 0.3 is 0 Å². The van der Waals surface area contributed by atoms with E-state index in [2.05, 4.69) is 29.8 Å². The zero-order valence-corrected chi connectivity index (χ0v) is 13.1. The van der Waals surface area contributed by atoms with Crippen LogP contribution in [0.1, 0.15) is 42.4 Å². The van der Waals surface area contributed by atoms with Crippen molar-refractivity contribution in [2.45, 2.75) is 31.9 Å². The number of aliphatic hydroxyl groups excluding tert-OH is 1. The molecule has 0 spiro atoms. The lowest BCUT2D eigenvalue weighted by Gasteiger charge is -2.19. The molecule has 0 aliphatic carbocycles. The van der Waals surface area contributed by atoms with E-state index >= 15 is 0 Å². The first-order valence-electron chi connectivity index (χ1n) is 6.91. The molecule has 2 aromatic rings. The lowest BCUT2D eigenvalue weighted by molar-refractivity contribution is 0.169.